The minimum absolute atomic E-state index is 1.62. The zero-order chi connectivity index (χ0) is 4.83. The summed E-state index contributed by atoms with van der Waals surface area (Å²) in [7, 11) is 0. The first kappa shape index (κ1) is 5.28. The zero-order valence-corrected chi connectivity index (χ0v) is 3.94. The average molecular weight is 83.1 g/mol. The Labute approximate surface area is 38.4 Å². The van der Waals surface area contributed by atoms with Crippen LogP contribution in [0.3, 0.4) is 0 Å². The van der Waals surface area contributed by atoms with Gasteiger partial charge in [-0.1, -0.05) is 12.7 Å². The van der Waals surface area contributed by atoms with E-state index < -0.39 is 0 Å². The molecular weight excluding hydrogens is 74.1 g/mol. The molecule has 0 bridgehead atoms. The smallest absolute Gasteiger partial charge is 0.00387 e. The molecule has 0 aromatic carbocycles. The number of rotatable bonds is 2. The number of allylic oxidation sites excluding steroid dienone is 1. The van der Waals surface area contributed by atoms with Crippen LogP contribution < -0.4 is 5.32 Å². The van der Waals surface area contributed by atoms with Crippen LogP contribution in [0, 0.1) is 0 Å². The van der Waals surface area contributed by atoms with Crippen molar-refractivity contribution in [2.24, 2.45) is 0 Å². The summed E-state index contributed by atoms with van der Waals surface area (Å²) in [6.07, 6.45) is 5.34. The van der Waals surface area contributed by atoms with Crippen molar-refractivity contribution < 1.29 is 0 Å². The lowest BCUT2D eigenvalue weighted by molar-refractivity contribution is 1.20. The standard InChI is InChI=1S/C5H9N/c1-3-5-6-4-2/h3-6H,2H2,1H3/b5-3+. The normalized spacial score (nSPS) is 8.83. The molecule has 0 unspecified atom stereocenters. The third-order valence-corrected chi connectivity index (χ3v) is 0.381. The van der Waals surface area contributed by atoms with Gasteiger partial charge in [-0.05, 0) is 19.3 Å². The third kappa shape index (κ3) is 3.28. The fourth-order valence-corrected chi connectivity index (χ4v) is 0.164. The van der Waals surface area contributed by atoms with Gasteiger partial charge in [-0.15, -0.1) is 0 Å². The highest BCUT2D eigenvalue weighted by Crippen LogP contribution is 1.58. The van der Waals surface area contributed by atoms with E-state index in [0.717, 1.165) is 0 Å². The van der Waals surface area contributed by atoms with E-state index in [2.05, 4.69) is 11.9 Å². The Morgan fingerprint density at radius 3 is 2.50 bits per heavy atom. The summed E-state index contributed by atoms with van der Waals surface area (Å²) < 4.78 is 0. The molecule has 1 heteroatoms. The molecule has 0 spiro atoms. The fraction of sp³-hybridized carbons (Fsp3) is 0.200. The SMILES string of the molecule is C=CN/C=C/C. The monoisotopic (exact) mass is 83.1 g/mol. The van der Waals surface area contributed by atoms with Crippen LogP contribution in [-0.2, 0) is 0 Å². The van der Waals surface area contributed by atoms with Gasteiger partial charge in [0.05, 0.1) is 0 Å². The predicted molar refractivity (Wildman–Crippen MR) is 28.1 cm³/mol. The topological polar surface area (TPSA) is 12.0 Å². The maximum absolute atomic E-state index is 3.44. The molecule has 0 fully saturated rings. The van der Waals surface area contributed by atoms with Gasteiger partial charge < -0.3 is 5.32 Å². The molecule has 0 saturated carbocycles. The largest absolute Gasteiger partial charge is 0.369 e. The summed E-state index contributed by atoms with van der Waals surface area (Å²) in [5, 5.41) is 2.78. The molecule has 0 radical (unpaired) electrons. The van der Waals surface area contributed by atoms with E-state index in [1.165, 1.54) is 0 Å². The molecule has 0 heterocycles. The maximum atomic E-state index is 3.44. The maximum Gasteiger partial charge on any atom is -0.00387 e. The quantitative estimate of drug-likeness (QED) is 0.529. The second-order valence-corrected chi connectivity index (χ2v) is 0.871. The fourth-order valence-electron chi connectivity index (χ4n) is 0.164. The molecule has 1 nitrogen and oxygen atoms in total. The van der Waals surface area contributed by atoms with Gasteiger partial charge in [0.2, 0.25) is 0 Å². The van der Waals surface area contributed by atoms with E-state index in [4.69, 9.17) is 0 Å². The number of nitrogens with one attached hydrogen (secondary N) is 1. The first-order valence-electron chi connectivity index (χ1n) is 1.90. The summed E-state index contributed by atoms with van der Waals surface area (Å²) in [6, 6.07) is 0. The molecule has 0 amide bonds. The number of hydrogen-bond donors (Lipinski definition) is 1. The van der Waals surface area contributed by atoms with Gasteiger partial charge in [0.1, 0.15) is 0 Å². The molecule has 0 aromatic rings. The molecule has 0 aliphatic carbocycles. The van der Waals surface area contributed by atoms with E-state index in [1.54, 1.807) is 6.20 Å². The van der Waals surface area contributed by atoms with Gasteiger partial charge in [-0.2, -0.15) is 0 Å². The molecule has 0 aliphatic rings. The van der Waals surface area contributed by atoms with E-state index in [0.29, 0.717) is 0 Å². The Balaban J connectivity index is 2.85. The zero-order valence-electron chi connectivity index (χ0n) is 3.94. The third-order valence-electron chi connectivity index (χ3n) is 0.381. The van der Waals surface area contributed by atoms with Crippen LogP contribution in [0.15, 0.2) is 25.1 Å². The summed E-state index contributed by atoms with van der Waals surface area (Å²) in [4.78, 5) is 0. The van der Waals surface area contributed by atoms with Crippen molar-refractivity contribution >= 4 is 0 Å². The van der Waals surface area contributed by atoms with Crippen LogP contribution in [0.4, 0.5) is 0 Å². The van der Waals surface area contributed by atoms with Crippen LogP contribution in [-0.4, -0.2) is 0 Å². The van der Waals surface area contributed by atoms with Crippen molar-refractivity contribution in [3.8, 4) is 0 Å². The van der Waals surface area contributed by atoms with Crippen molar-refractivity contribution in [1.82, 2.24) is 5.32 Å². The molecule has 0 saturated heterocycles. The predicted octanol–water partition coefficient (Wildman–Crippen LogP) is 1.25. The Hall–Kier alpha value is -0.720. The first-order valence-corrected chi connectivity index (χ1v) is 1.90. The lowest BCUT2D eigenvalue weighted by atomic mass is 10.7. The lowest BCUT2D eigenvalue weighted by Gasteiger charge is -1.79. The highest BCUT2D eigenvalue weighted by atomic mass is 14.8. The summed E-state index contributed by atoms with van der Waals surface area (Å²) >= 11 is 0. The Bertz CT molecular complexity index is 55.0. The van der Waals surface area contributed by atoms with Crippen LogP contribution in [0.2, 0.25) is 0 Å². The minimum Gasteiger partial charge on any atom is -0.369 e. The Morgan fingerprint density at radius 2 is 2.33 bits per heavy atom. The van der Waals surface area contributed by atoms with Crippen LogP contribution in [0.5, 0.6) is 0 Å². The van der Waals surface area contributed by atoms with E-state index in [9.17, 15) is 0 Å². The number of hydrogen-bond acceptors (Lipinski definition) is 1. The molecule has 0 atom stereocenters. The molecule has 6 heavy (non-hydrogen) atoms. The molecule has 0 rings (SSSR count). The summed E-state index contributed by atoms with van der Waals surface area (Å²) in [5.41, 5.74) is 0. The molecule has 1 N–H and O–H groups in total. The average Bonchev–Trinajstić information content (AvgIpc) is 1.61. The van der Waals surface area contributed by atoms with E-state index in [-0.39, 0.29) is 0 Å². The second-order valence-electron chi connectivity index (χ2n) is 0.871. The van der Waals surface area contributed by atoms with Gasteiger partial charge in [0, 0.05) is 0 Å². The van der Waals surface area contributed by atoms with Gasteiger partial charge in [0.15, 0.2) is 0 Å². The molecular formula is C5H9N. The summed E-state index contributed by atoms with van der Waals surface area (Å²) in [5.74, 6) is 0. The van der Waals surface area contributed by atoms with Gasteiger partial charge >= 0.3 is 0 Å². The molecule has 0 aromatic heterocycles. The molecule has 34 valence electrons. The second kappa shape index (κ2) is 4.28. The van der Waals surface area contributed by atoms with Crippen LogP contribution in [0.25, 0.3) is 0 Å². The summed E-state index contributed by atoms with van der Waals surface area (Å²) in [6.45, 7) is 5.38. The van der Waals surface area contributed by atoms with Gasteiger partial charge in [-0.3, -0.25) is 0 Å². The molecule has 0 aliphatic heterocycles. The van der Waals surface area contributed by atoms with Crippen LogP contribution >= 0.6 is 0 Å². The van der Waals surface area contributed by atoms with E-state index in [1.807, 2.05) is 19.2 Å². The van der Waals surface area contributed by atoms with Crippen molar-refractivity contribution in [3.05, 3.63) is 25.1 Å². The Morgan fingerprint density at radius 1 is 1.67 bits per heavy atom. The first-order chi connectivity index (χ1) is 2.91. The van der Waals surface area contributed by atoms with Crippen molar-refractivity contribution in [2.75, 3.05) is 0 Å². The van der Waals surface area contributed by atoms with E-state index >= 15 is 0 Å². The minimum atomic E-state index is 1.62. The van der Waals surface area contributed by atoms with Gasteiger partial charge in [0.25, 0.3) is 0 Å². The van der Waals surface area contributed by atoms with Crippen LogP contribution in [0.1, 0.15) is 6.92 Å². The highest BCUT2D eigenvalue weighted by molar-refractivity contribution is 4.79. The Kier molecular flexibility index (Phi) is 3.77. The van der Waals surface area contributed by atoms with Crippen molar-refractivity contribution in [2.45, 2.75) is 6.92 Å². The van der Waals surface area contributed by atoms with Crippen molar-refractivity contribution in [1.29, 1.82) is 0 Å². The highest BCUT2D eigenvalue weighted by Gasteiger charge is 1.51. The van der Waals surface area contributed by atoms with Crippen molar-refractivity contribution in [3.63, 3.8) is 0 Å². The van der Waals surface area contributed by atoms with Gasteiger partial charge in [-0.25, -0.2) is 0 Å². The lowest BCUT2D eigenvalue weighted by Crippen LogP contribution is -1.86.